The van der Waals surface area contributed by atoms with Crippen molar-refractivity contribution in [3.8, 4) is 6.07 Å². The first-order valence-electron chi connectivity index (χ1n) is 13.4. The van der Waals surface area contributed by atoms with E-state index in [1.165, 1.54) is 7.11 Å². The van der Waals surface area contributed by atoms with Crippen LogP contribution in [-0.4, -0.2) is 58.7 Å². The summed E-state index contributed by atoms with van der Waals surface area (Å²) in [6.45, 7) is 5.36. The van der Waals surface area contributed by atoms with Crippen molar-refractivity contribution in [1.82, 2.24) is 15.2 Å². The Hall–Kier alpha value is -4.39. The number of nitriles is 1. The lowest BCUT2D eigenvalue weighted by Crippen LogP contribution is -2.55. The van der Waals surface area contributed by atoms with Crippen molar-refractivity contribution in [2.45, 2.75) is 70.2 Å². The minimum Gasteiger partial charge on any atom is -0.465 e. The molecule has 5 rings (SSSR count). The summed E-state index contributed by atoms with van der Waals surface area (Å²) in [5.41, 5.74) is 0.643. The molecule has 2 bridgehead atoms. The maximum absolute atomic E-state index is 13.4. The third kappa shape index (κ3) is 5.11. The lowest BCUT2D eigenvalue weighted by molar-refractivity contribution is -0.128. The van der Waals surface area contributed by atoms with Crippen molar-refractivity contribution in [3.63, 3.8) is 0 Å². The van der Waals surface area contributed by atoms with Crippen LogP contribution in [0.5, 0.6) is 0 Å². The zero-order valence-corrected chi connectivity index (χ0v) is 22.9. The van der Waals surface area contributed by atoms with Gasteiger partial charge in [0.25, 0.3) is 5.56 Å². The van der Waals surface area contributed by atoms with E-state index in [0.29, 0.717) is 32.8 Å². The molecule has 40 heavy (non-hydrogen) atoms. The number of piperidine rings is 1. The number of ether oxygens (including phenoxy) is 2. The largest absolute Gasteiger partial charge is 0.465 e. The van der Waals surface area contributed by atoms with Gasteiger partial charge in [-0.25, -0.2) is 9.59 Å². The van der Waals surface area contributed by atoms with Gasteiger partial charge >= 0.3 is 12.1 Å². The number of aromatic amines is 1. The maximum atomic E-state index is 13.4. The zero-order valence-electron chi connectivity index (χ0n) is 22.9. The predicted molar refractivity (Wildman–Crippen MR) is 148 cm³/mol. The second-order valence-electron chi connectivity index (χ2n) is 11.5. The molecule has 2 aromatic carbocycles. The van der Waals surface area contributed by atoms with Crippen LogP contribution in [0.2, 0.25) is 0 Å². The predicted octanol–water partition coefficient (Wildman–Crippen LogP) is 3.81. The molecule has 2 amide bonds. The number of aromatic nitrogens is 1. The highest BCUT2D eigenvalue weighted by molar-refractivity contribution is 6.07. The first-order chi connectivity index (χ1) is 19.0. The number of fused-ring (bicyclic) bond motifs is 5. The Labute approximate surface area is 231 Å². The molecule has 1 aliphatic carbocycles. The molecule has 2 aliphatic rings. The molecule has 1 saturated carbocycles. The molecule has 2 fully saturated rings. The monoisotopic (exact) mass is 544 g/mol. The number of rotatable bonds is 5. The number of methoxy groups -OCH3 is 1. The summed E-state index contributed by atoms with van der Waals surface area (Å²) in [5, 5.41) is 14.4. The molecule has 0 spiro atoms. The first kappa shape index (κ1) is 27.2. The SMILES string of the molecule is COC(=O)c1ccc2[nH]c(=O)c3cc(CC(C#N)NC(=O)[C@@H]4[C@H]5CC[C@H](C5)N4C(=O)OC(C)(C)C)ccc3c2c1. The Morgan fingerprint density at radius 2 is 1.90 bits per heavy atom. The number of H-pyrrole nitrogens is 1. The van der Waals surface area contributed by atoms with Crippen molar-refractivity contribution in [2.24, 2.45) is 5.92 Å². The summed E-state index contributed by atoms with van der Waals surface area (Å²) in [4.78, 5) is 55.6. The molecule has 1 aromatic heterocycles. The summed E-state index contributed by atoms with van der Waals surface area (Å²) in [7, 11) is 1.31. The quantitative estimate of drug-likeness (QED) is 0.367. The Kier molecular flexibility index (Phi) is 7.00. The number of nitrogens with one attached hydrogen (secondary N) is 2. The second kappa shape index (κ2) is 10.3. The van der Waals surface area contributed by atoms with Crippen LogP contribution in [0.1, 0.15) is 56.0 Å². The van der Waals surface area contributed by atoms with Crippen LogP contribution < -0.4 is 10.9 Å². The van der Waals surface area contributed by atoms with Gasteiger partial charge in [0.2, 0.25) is 5.91 Å². The van der Waals surface area contributed by atoms with Gasteiger partial charge < -0.3 is 19.8 Å². The van der Waals surface area contributed by atoms with E-state index in [0.717, 1.165) is 19.3 Å². The second-order valence-corrected chi connectivity index (χ2v) is 11.5. The Morgan fingerprint density at radius 3 is 2.60 bits per heavy atom. The number of likely N-dealkylation sites (tertiary alicyclic amines) is 1. The van der Waals surface area contributed by atoms with Gasteiger partial charge in [0.15, 0.2) is 0 Å². The van der Waals surface area contributed by atoms with Crippen LogP contribution in [-0.2, 0) is 20.7 Å². The van der Waals surface area contributed by atoms with Crippen molar-refractivity contribution in [1.29, 1.82) is 5.26 Å². The zero-order chi connectivity index (χ0) is 28.8. The summed E-state index contributed by atoms with van der Waals surface area (Å²) in [5.74, 6) is -0.824. The summed E-state index contributed by atoms with van der Waals surface area (Å²) in [6.07, 6.45) is 2.08. The van der Waals surface area contributed by atoms with Crippen LogP contribution in [0, 0.1) is 17.2 Å². The summed E-state index contributed by atoms with van der Waals surface area (Å²) >= 11 is 0. The van der Waals surface area contributed by atoms with Gasteiger partial charge in [0.1, 0.15) is 17.7 Å². The van der Waals surface area contributed by atoms with E-state index in [1.807, 2.05) is 0 Å². The van der Waals surface area contributed by atoms with E-state index >= 15 is 0 Å². The number of esters is 1. The molecular weight excluding hydrogens is 512 g/mol. The van der Waals surface area contributed by atoms with Crippen molar-refractivity contribution < 1.29 is 23.9 Å². The van der Waals surface area contributed by atoms with Crippen molar-refractivity contribution >= 4 is 39.6 Å². The molecule has 2 heterocycles. The third-order valence-electron chi connectivity index (χ3n) is 7.68. The topological polar surface area (TPSA) is 142 Å². The van der Waals surface area contributed by atoms with E-state index in [1.54, 1.807) is 62.1 Å². The van der Waals surface area contributed by atoms with Gasteiger partial charge in [-0.1, -0.05) is 12.1 Å². The van der Waals surface area contributed by atoms with Gasteiger partial charge in [-0.15, -0.1) is 0 Å². The molecule has 3 aromatic rings. The fraction of sp³-hybridized carbons (Fsp3) is 0.433. The van der Waals surface area contributed by atoms with E-state index in [2.05, 4.69) is 16.4 Å². The van der Waals surface area contributed by atoms with Gasteiger partial charge in [-0.2, -0.15) is 5.26 Å². The van der Waals surface area contributed by atoms with E-state index < -0.39 is 29.7 Å². The van der Waals surface area contributed by atoms with Gasteiger partial charge in [-0.3, -0.25) is 14.5 Å². The molecule has 1 unspecified atom stereocenters. The molecule has 10 nitrogen and oxygen atoms in total. The Bertz CT molecular complexity index is 1610. The number of benzene rings is 2. The van der Waals surface area contributed by atoms with E-state index in [-0.39, 0.29) is 29.8 Å². The molecule has 208 valence electrons. The summed E-state index contributed by atoms with van der Waals surface area (Å²) < 4.78 is 10.4. The fourth-order valence-corrected chi connectivity index (χ4v) is 5.98. The van der Waals surface area contributed by atoms with E-state index in [4.69, 9.17) is 9.47 Å². The number of hydrogen-bond acceptors (Lipinski definition) is 7. The lowest BCUT2D eigenvalue weighted by atomic mass is 9.96. The van der Waals surface area contributed by atoms with Crippen molar-refractivity contribution in [2.75, 3.05) is 7.11 Å². The van der Waals surface area contributed by atoms with E-state index in [9.17, 15) is 24.4 Å². The van der Waals surface area contributed by atoms with Crippen LogP contribution in [0.25, 0.3) is 21.7 Å². The van der Waals surface area contributed by atoms with Crippen LogP contribution in [0.15, 0.2) is 41.2 Å². The number of hydrogen-bond donors (Lipinski definition) is 2. The minimum atomic E-state index is -0.866. The summed E-state index contributed by atoms with van der Waals surface area (Å²) in [6, 6.07) is 10.7. The highest BCUT2D eigenvalue weighted by atomic mass is 16.6. The van der Waals surface area contributed by atoms with Crippen LogP contribution in [0.3, 0.4) is 0 Å². The molecule has 0 radical (unpaired) electrons. The molecule has 4 atom stereocenters. The molecule has 1 aliphatic heterocycles. The third-order valence-corrected chi connectivity index (χ3v) is 7.68. The van der Waals surface area contributed by atoms with Gasteiger partial charge in [0, 0.05) is 28.8 Å². The molecule has 10 heteroatoms. The molecule has 1 saturated heterocycles. The normalized spacial score (nSPS) is 20.8. The number of nitrogens with zero attached hydrogens (tertiary/aromatic N) is 2. The highest BCUT2D eigenvalue weighted by Gasteiger charge is 2.52. The molecular formula is C30H32N4O6. The van der Waals surface area contributed by atoms with Gasteiger partial charge in [-0.05, 0) is 81.2 Å². The first-order valence-corrected chi connectivity index (χ1v) is 13.4. The maximum Gasteiger partial charge on any atom is 0.411 e. The average molecular weight is 545 g/mol. The lowest BCUT2D eigenvalue weighted by Gasteiger charge is -2.35. The number of amides is 2. The number of carbonyl (C=O) groups excluding carboxylic acids is 3. The standard InChI is InChI=1S/C30H32N4O6/c1-30(2,3)40-29(38)34-20-8-6-17(13-20)25(34)27(36)32-19(15-31)11-16-5-9-21-22-14-18(28(37)39-4)7-10-24(22)33-26(35)23(21)12-16/h5,7,9-10,12,14,17,19-20,25H,6,8,11,13H2,1-4H3,(H,32,36)(H,33,35)/t17-,19?,20+,25-/m0/s1. The van der Waals surface area contributed by atoms with Crippen LogP contribution >= 0.6 is 0 Å². The minimum absolute atomic E-state index is 0.0271. The molecule has 2 N–H and O–H groups in total. The Morgan fingerprint density at radius 1 is 1.12 bits per heavy atom. The van der Waals surface area contributed by atoms with Gasteiger partial charge in [0.05, 0.1) is 18.7 Å². The number of pyridine rings is 1. The highest BCUT2D eigenvalue weighted by Crippen LogP contribution is 2.43. The fourth-order valence-electron chi connectivity index (χ4n) is 5.98. The van der Waals surface area contributed by atoms with Crippen LogP contribution in [0.4, 0.5) is 4.79 Å². The number of carbonyl (C=O) groups is 3. The van der Waals surface area contributed by atoms with Crippen molar-refractivity contribution in [3.05, 3.63) is 57.9 Å². The average Bonchev–Trinajstić information content (AvgIpc) is 3.53. The smallest absolute Gasteiger partial charge is 0.411 e. The Balaban J connectivity index is 1.37.